The Bertz CT molecular complexity index is 367. The lowest BCUT2D eigenvalue weighted by atomic mass is 10.0. The Labute approximate surface area is 119 Å². The van der Waals surface area contributed by atoms with Crippen LogP contribution in [0.25, 0.3) is 0 Å². The molecule has 0 radical (unpaired) electrons. The number of hydrogen-bond acceptors (Lipinski definition) is 2. The minimum Gasteiger partial charge on any atom is -0.396 e. The maximum absolute atomic E-state index is 9.07. The quantitative estimate of drug-likeness (QED) is 0.752. The van der Waals surface area contributed by atoms with Crippen molar-refractivity contribution in [2.24, 2.45) is 5.92 Å². The zero-order valence-electron chi connectivity index (χ0n) is 13.0. The lowest BCUT2D eigenvalue weighted by Crippen LogP contribution is -2.37. The van der Waals surface area contributed by atoms with Crippen molar-refractivity contribution in [3.63, 3.8) is 0 Å². The molecule has 0 spiro atoms. The molecule has 1 rings (SSSR count). The van der Waals surface area contributed by atoms with E-state index in [0.717, 1.165) is 13.0 Å². The minimum atomic E-state index is -1.19. The highest BCUT2D eigenvalue weighted by atomic mass is 28.3. The number of aliphatic hydroxyl groups excluding tert-OH is 1. The van der Waals surface area contributed by atoms with E-state index in [1.54, 1.807) is 0 Å². The lowest BCUT2D eigenvalue weighted by Gasteiger charge is -2.22. The van der Waals surface area contributed by atoms with Gasteiger partial charge in [-0.2, -0.15) is 0 Å². The van der Waals surface area contributed by atoms with E-state index in [2.05, 4.69) is 63.1 Å². The molecule has 0 saturated carbocycles. The molecule has 19 heavy (non-hydrogen) atoms. The first-order chi connectivity index (χ1) is 8.84. The molecule has 3 heteroatoms. The molecule has 0 bridgehead atoms. The van der Waals surface area contributed by atoms with Gasteiger partial charge in [-0.1, -0.05) is 62.9 Å². The molecular formula is C16H29NOSi. The normalized spacial score (nSPS) is 13.8. The third-order valence-corrected chi connectivity index (χ3v) is 5.70. The minimum absolute atomic E-state index is 0.254. The zero-order valence-corrected chi connectivity index (χ0v) is 14.0. The summed E-state index contributed by atoms with van der Waals surface area (Å²) in [7, 11) is -1.19. The maximum atomic E-state index is 9.07. The average molecular weight is 279 g/mol. The van der Waals surface area contributed by atoms with Crippen molar-refractivity contribution in [1.29, 1.82) is 0 Å². The zero-order chi connectivity index (χ0) is 14.5. The van der Waals surface area contributed by atoms with Crippen molar-refractivity contribution in [2.45, 2.75) is 52.5 Å². The Hall–Kier alpha value is -0.643. The largest absolute Gasteiger partial charge is 0.396 e. The predicted molar refractivity (Wildman–Crippen MR) is 86.6 cm³/mol. The molecule has 1 aromatic rings. The highest BCUT2D eigenvalue weighted by Gasteiger charge is 2.16. The molecule has 0 aliphatic heterocycles. The van der Waals surface area contributed by atoms with Gasteiger partial charge in [0.2, 0.25) is 0 Å². The van der Waals surface area contributed by atoms with Gasteiger partial charge in [-0.3, -0.25) is 0 Å². The SMILES string of the molecule is CC(C)C(CCO)NCc1ccc([Si](C)(C)C)cc1. The van der Waals surface area contributed by atoms with Crippen LogP contribution in [0.1, 0.15) is 25.8 Å². The summed E-state index contributed by atoms with van der Waals surface area (Å²) >= 11 is 0. The van der Waals surface area contributed by atoms with Crippen LogP contribution in [0.5, 0.6) is 0 Å². The monoisotopic (exact) mass is 279 g/mol. The fourth-order valence-corrected chi connectivity index (χ4v) is 3.35. The molecular weight excluding hydrogens is 250 g/mol. The Kier molecular flexibility index (Phi) is 6.24. The van der Waals surface area contributed by atoms with Gasteiger partial charge in [0.25, 0.3) is 0 Å². The van der Waals surface area contributed by atoms with E-state index in [1.165, 1.54) is 10.8 Å². The van der Waals surface area contributed by atoms with Crippen LogP contribution in [0.3, 0.4) is 0 Å². The van der Waals surface area contributed by atoms with Crippen LogP contribution in [-0.2, 0) is 6.54 Å². The van der Waals surface area contributed by atoms with Crippen molar-refractivity contribution in [1.82, 2.24) is 5.32 Å². The molecule has 2 N–H and O–H groups in total. The van der Waals surface area contributed by atoms with Crippen molar-refractivity contribution in [2.75, 3.05) is 6.61 Å². The smallest absolute Gasteiger partial charge is 0.0775 e. The molecule has 1 aromatic carbocycles. The van der Waals surface area contributed by atoms with E-state index in [0.29, 0.717) is 12.0 Å². The van der Waals surface area contributed by atoms with Gasteiger partial charge >= 0.3 is 0 Å². The summed E-state index contributed by atoms with van der Waals surface area (Å²) < 4.78 is 0. The Morgan fingerprint density at radius 3 is 2.11 bits per heavy atom. The summed E-state index contributed by atoms with van der Waals surface area (Å²) in [5.41, 5.74) is 1.32. The second kappa shape index (κ2) is 7.22. The molecule has 0 heterocycles. The van der Waals surface area contributed by atoms with Crippen LogP contribution in [0.4, 0.5) is 0 Å². The summed E-state index contributed by atoms with van der Waals surface area (Å²) in [5, 5.41) is 14.1. The van der Waals surface area contributed by atoms with Crippen LogP contribution >= 0.6 is 0 Å². The summed E-state index contributed by atoms with van der Waals surface area (Å²) in [5.74, 6) is 0.549. The predicted octanol–water partition coefficient (Wildman–Crippen LogP) is 2.73. The van der Waals surface area contributed by atoms with Crippen LogP contribution in [0.15, 0.2) is 24.3 Å². The highest BCUT2D eigenvalue weighted by molar-refractivity contribution is 6.88. The molecule has 0 aromatic heterocycles. The first-order valence-electron chi connectivity index (χ1n) is 7.28. The van der Waals surface area contributed by atoms with Crippen LogP contribution in [-0.4, -0.2) is 25.8 Å². The van der Waals surface area contributed by atoms with E-state index in [9.17, 15) is 0 Å². The van der Waals surface area contributed by atoms with E-state index in [1.807, 2.05) is 0 Å². The summed E-state index contributed by atoms with van der Waals surface area (Å²) in [6.45, 7) is 12.6. The summed E-state index contributed by atoms with van der Waals surface area (Å²) in [6.07, 6.45) is 0.824. The summed E-state index contributed by atoms with van der Waals surface area (Å²) in [6, 6.07) is 9.41. The van der Waals surface area contributed by atoms with Gasteiger partial charge in [-0.05, 0) is 17.9 Å². The third kappa shape index (κ3) is 5.47. The van der Waals surface area contributed by atoms with E-state index in [-0.39, 0.29) is 6.61 Å². The highest BCUT2D eigenvalue weighted by Crippen LogP contribution is 2.08. The number of hydrogen-bond donors (Lipinski definition) is 2. The number of nitrogens with one attached hydrogen (secondary N) is 1. The molecule has 0 aliphatic carbocycles. The molecule has 0 amide bonds. The Morgan fingerprint density at radius 2 is 1.68 bits per heavy atom. The number of benzene rings is 1. The van der Waals surface area contributed by atoms with E-state index < -0.39 is 8.07 Å². The fraction of sp³-hybridized carbons (Fsp3) is 0.625. The average Bonchev–Trinajstić information content (AvgIpc) is 2.33. The Balaban J connectivity index is 2.58. The second-order valence-corrected chi connectivity index (χ2v) is 11.8. The number of rotatable bonds is 7. The van der Waals surface area contributed by atoms with Crippen molar-refractivity contribution < 1.29 is 5.11 Å². The molecule has 1 atom stereocenters. The van der Waals surface area contributed by atoms with Crippen molar-refractivity contribution in [3.05, 3.63) is 29.8 Å². The third-order valence-electron chi connectivity index (χ3n) is 3.63. The van der Waals surface area contributed by atoms with Crippen LogP contribution in [0.2, 0.25) is 19.6 Å². The van der Waals surface area contributed by atoms with Gasteiger partial charge in [0, 0.05) is 19.2 Å². The van der Waals surface area contributed by atoms with Crippen molar-refractivity contribution >= 4 is 13.3 Å². The van der Waals surface area contributed by atoms with Crippen LogP contribution < -0.4 is 10.5 Å². The van der Waals surface area contributed by atoms with Gasteiger partial charge in [0.05, 0.1) is 8.07 Å². The first kappa shape index (κ1) is 16.4. The lowest BCUT2D eigenvalue weighted by molar-refractivity contribution is 0.244. The van der Waals surface area contributed by atoms with E-state index in [4.69, 9.17) is 5.11 Å². The maximum Gasteiger partial charge on any atom is 0.0775 e. The second-order valence-electron chi connectivity index (χ2n) is 6.69. The van der Waals surface area contributed by atoms with Crippen molar-refractivity contribution in [3.8, 4) is 0 Å². The molecule has 108 valence electrons. The first-order valence-corrected chi connectivity index (χ1v) is 10.8. The van der Waals surface area contributed by atoms with Gasteiger partial charge in [0.15, 0.2) is 0 Å². The number of aliphatic hydroxyl groups is 1. The van der Waals surface area contributed by atoms with Gasteiger partial charge in [-0.15, -0.1) is 0 Å². The van der Waals surface area contributed by atoms with Gasteiger partial charge in [0.1, 0.15) is 0 Å². The standard InChI is InChI=1S/C16H29NOSi/c1-13(2)16(10-11-18)17-12-14-6-8-15(9-7-14)19(3,4)5/h6-9,13,16-18H,10-12H2,1-5H3. The van der Waals surface area contributed by atoms with Crippen LogP contribution in [0, 0.1) is 5.92 Å². The van der Waals surface area contributed by atoms with Gasteiger partial charge < -0.3 is 10.4 Å². The molecule has 0 saturated heterocycles. The van der Waals surface area contributed by atoms with E-state index >= 15 is 0 Å². The van der Waals surface area contributed by atoms with Gasteiger partial charge in [-0.25, -0.2) is 0 Å². The molecule has 1 unspecified atom stereocenters. The molecule has 0 aliphatic rings. The summed E-state index contributed by atoms with van der Waals surface area (Å²) in [4.78, 5) is 0. The molecule has 0 fully saturated rings. The topological polar surface area (TPSA) is 32.3 Å². The Morgan fingerprint density at radius 1 is 1.11 bits per heavy atom. The fourth-order valence-electron chi connectivity index (χ4n) is 2.18. The molecule has 2 nitrogen and oxygen atoms in total.